The third kappa shape index (κ3) is 6.62. The Labute approximate surface area is 236 Å². The van der Waals surface area contributed by atoms with E-state index in [1.165, 1.54) is 29.1 Å². The molecule has 7 nitrogen and oxygen atoms in total. The first kappa shape index (κ1) is 28.0. The van der Waals surface area contributed by atoms with Crippen LogP contribution in [0, 0.1) is 0 Å². The van der Waals surface area contributed by atoms with Crippen molar-refractivity contribution >= 4 is 36.9 Å². The molecule has 0 bridgehead atoms. The molecule has 2 heterocycles. The highest BCUT2D eigenvalue weighted by atomic mass is 19.4. The highest BCUT2D eigenvalue weighted by molar-refractivity contribution is 6.13. The Hall–Kier alpha value is -4.54. The molecule has 3 aromatic carbocycles. The number of carbonyl (C=O) groups excluding carboxylic acids is 2. The maximum Gasteiger partial charge on any atom is 0.416 e. The third-order valence-corrected chi connectivity index (χ3v) is 6.91. The van der Waals surface area contributed by atoms with Crippen LogP contribution in [0.5, 0.6) is 0 Å². The summed E-state index contributed by atoms with van der Waals surface area (Å²) in [6.45, 7) is 1.72. The van der Waals surface area contributed by atoms with E-state index >= 15 is 0 Å². The van der Waals surface area contributed by atoms with E-state index in [1.54, 1.807) is 30.3 Å². The maximum absolute atomic E-state index is 13.5. The van der Waals surface area contributed by atoms with Gasteiger partial charge >= 0.3 is 6.18 Å². The summed E-state index contributed by atoms with van der Waals surface area (Å²) < 4.78 is 40.7. The smallest absolute Gasteiger partial charge is 0.372 e. The number of carbonyl (C=O) groups is 2. The van der Waals surface area contributed by atoms with Crippen molar-refractivity contribution in [3.8, 4) is 5.69 Å². The second-order valence-electron chi connectivity index (χ2n) is 9.78. The quantitative estimate of drug-likeness (QED) is 0.271. The molecule has 1 aromatic heterocycles. The number of piperidine rings is 1. The Morgan fingerprint density at radius 2 is 1.63 bits per heavy atom. The summed E-state index contributed by atoms with van der Waals surface area (Å²) in [6.07, 6.45) is 0.490. The fraction of sp³-hybridized carbons (Fsp3) is 0.233. The highest BCUT2D eigenvalue weighted by Gasteiger charge is 2.30. The summed E-state index contributed by atoms with van der Waals surface area (Å²) in [5.41, 5.74) is 1.98. The van der Waals surface area contributed by atoms with E-state index in [-0.39, 0.29) is 23.4 Å². The van der Waals surface area contributed by atoms with Crippen LogP contribution in [0.1, 0.15) is 51.1 Å². The Kier molecular flexibility index (Phi) is 8.14. The van der Waals surface area contributed by atoms with Gasteiger partial charge in [0.05, 0.1) is 30.3 Å². The molecule has 0 aliphatic carbocycles. The predicted octanol–water partition coefficient (Wildman–Crippen LogP) is 6.05. The molecule has 208 valence electrons. The molecule has 0 atom stereocenters. The zero-order valence-corrected chi connectivity index (χ0v) is 22.1. The molecule has 1 fully saturated rings. The molecular weight excluding hydrogens is 530 g/mol. The van der Waals surface area contributed by atoms with Gasteiger partial charge in [0.25, 0.3) is 11.8 Å². The van der Waals surface area contributed by atoms with Gasteiger partial charge in [0.15, 0.2) is 5.82 Å². The molecular formula is C30H27BF3N5O2. The third-order valence-electron chi connectivity index (χ3n) is 6.91. The van der Waals surface area contributed by atoms with E-state index in [0.29, 0.717) is 11.3 Å². The van der Waals surface area contributed by atoms with Crippen molar-refractivity contribution < 1.29 is 22.8 Å². The molecule has 41 heavy (non-hydrogen) atoms. The first-order chi connectivity index (χ1) is 19.7. The summed E-state index contributed by atoms with van der Waals surface area (Å²) in [6, 6.07) is 18.5. The van der Waals surface area contributed by atoms with E-state index in [9.17, 15) is 22.8 Å². The molecule has 1 saturated heterocycles. The summed E-state index contributed by atoms with van der Waals surface area (Å²) in [5, 5.41) is 9.80. The Balaban J connectivity index is 1.41. The minimum atomic E-state index is -4.49. The van der Waals surface area contributed by atoms with Gasteiger partial charge in [-0.15, -0.1) is 0 Å². The van der Waals surface area contributed by atoms with Crippen LogP contribution in [-0.2, 0) is 12.5 Å². The van der Waals surface area contributed by atoms with Crippen molar-refractivity contribution in [3.63, 3.8) is 0 Å². The van der Waals surface area contributed by atoms with Gasteiger partial charge in [-0.25, -0.2) is 4.68 Å². The second kappa shape index (κ2) is 11.9. The topological polar surface area (TPSA) is 79.3 Å². The number of aromatic nitrogens is 2. The number of hydrogen-bond donors (Lipinski definition) is 2. The molecule has 0 saturated carbocycles. The number of halogens is 3. The van der Waals surface area contributed by atoms with E-state index in [4.69, 9.17) is 7.85 Å². The van der Waals surface area contributed by atoms with Gasteiger partial charge in [-0.1, -0.05) is 30.1 Å². The van der Waals surface area contributed by atoms with Crippen LogP contribution in [0.15, 0.2) is 79.0 Å². The number of nitrogens with one attached hydrogen (secondary N) is 2. The Morgan fingerprint density at radius 1 is 0.854 bits per heavy atom. The number of alkyl halides is 3. The summed E-state index contributed by atoms with van der Waals surface area (Å²) in [5.74, 6) is -0.776. The monoisotopic (exact) mass is 557 g/mol. The molecule has 2 N–H and O–H groups in total. The van der Waals surface area contributed by atoms with Gasteiger partial charge in [-0.3, -0.25) is 9.59 Å². The molecule has 5 rings (SSSR count). The number of rotatable bonds is 7. The maximum atomic E-state index is 13.5. The Morgan fingerprint density at radius 3 is 2.39 bits per heavy atom. The van der Waals surface area contributed by atoms with Crippen molar-refractivity contribution in [1.82, 2.24) is 9.78 Å². The standard InChI is InChI=1S/C30H27BF3N5O2/c31-19-20-6-4-7-21(16-20)28(40)35-26-11-10-23(38-13-2-1-3-14-38)18-25(26)29(41)36-27-12-15-39(37-27)24-9-5-8-22(17-24)30(32,33)34/h4-12,15-18H,1-3,13-14,19H2,(H,35,40)(H,36,37,41). The predicted molar refractivity (Wildman–Crippen MR) is 153 cm³/mol. The van der Waals surface area contributed by atoms with Gasteiger partial charge in [0.2, 0.25) is 0 Å². The van der Waals surface area contributed by atoms with Crippen LogP contribution < -0.4 is 15.5 Å². The minimum absolute atomic E-state index is 0.142. The average molecular weight is 557 g/mol. The van der Waals surface area contributed by atoms with Crippen molar-refractivity contribution in [2.24, 2.45) is 0 Å². The first-order valence-corrected chi connectivity index (χ1v) is 13.3. The van der Waals surface area contributed by atoms with Gasteiger partial charge in [0, 0.05) is 36.6 Å². The lowest BCUT2D eigenvalue weighted by atomic mass is 9.95. The zero-order chi connectivity index (χ0) is 29.0. The van der Waals surface area contributed by atoms with Crippen LogP contribution in [-0.4, -0.2) is 42.5 Å². The molecule has 1 aliphatic rings. The first-order valence-electron chi connectivity index (χ1n) is 13.3. The molecule has 11 heteroatoms. The SMILES string of the molecule is [B]Cc1cccc(C(=O)Nc2ccc(N3CCCCC3)cc2C(=O)Nc2ccn(-c3cccc(C(F)(F)F)c3)n2)c1. The van der Waals surface area contributed by atoms with E-state index in [2.05, 4.69) is 20.6 Å². The van der Waals surface area contributed by atoms with Crippen molar-refractivity contribution in [2.45, 2.75) is 31.8 Å². The van der Waals surface area contributed by atoms with E-state index < -0.39 is 23.6 Å². The van der Waals surface area contributed by atoms with Crippen LogP contribution in [0.25, 0.3) is 5.69 Å². The van der Waals surface area contributed by atoms with Crippen LogP contribution in [0.3, 0.4) is 0 Å². The number of nitrogens with zero attached hydrogens (tertiary/aromatic N) is 3. The van der Waals surface area contributed by atoms with Gasteiger partial charge in [-0.05, 0) is 67.8 Å². The number of amides is 2. The Bertz CT molecular complexity index is 1560. The van der Waals surface area contributed by atoms with Crippen LogP contribution in [0.2, 0.25) is 0 Å². The largest absolute Gasteiger partial charge is 0.416 e. The number of anilines is 3. The zero-order valence-electron chi connectivity index (χ0n) is 22.1. The summed E-state index contributed by atoms with van der Waals surface area (Å²) in [4.78, 5) is 28.8. The molecule has 0 spiro atoms. The fourth-order valence-electron chi connectivity index (χ4n) is 4.75. The lowest BCUT2D eigenvalue weighted by molar-refractivity contribution is -0.137. The van der Waals surface area contributed by atoms with Crippen molar-refractivity contribution in [3.05, 3.63) is 101 Å². The molecule has 4 aromatic rings. The lowest BCUT2D eigenvalue weighted by Crippen LogP contribution is -2.29. The normalized spacial score (nSPS) is 13.6. The fourth-order valence-corrected chi connectivity index (χ4v) is 4.75. The number of benzene rings is 3. The highest BCUT2D eigenvalue weighted by Crippen LogP contribution is 2.31. The molecule has 0 unspecified atom stereocenters. The van der Waals surface area contributed by atoms with Crippen LogP contribution in [0.4, 0.5) is 30.4 Å². The van der Waals surface area contributed by atoms with Gasteiger partial charge in [-0.2, -0.15) is 18.3 Å². The van der Waals surface area contributed by atoms with Crippen molar-refractivity contribution in [1.29, 1.82) is 0 Å². The minimum Gasteiger partial charge on any atom is -0.372 e. The second-order valence-corrected chi connectivity index (χ2v) is 9.78. The lowest BCUT2D eigenvalue weighted by Gasteiger charge is -2.29. The summed E-state index contributed by atoms with van der Waals surface area (Å²) in [7, 11) is 5.71. The summed E-state index contributed by atoms with van der Waals surface area (Å²) >= 11 is 0. The van der Waals surface area contributed by atoms with Gasteiger partial charge < -0.3 is 15.5 Å². The molecule has 2 amide bonds. The number of hydrogen-bond acceptors (Lipinski definition) is 4. The van der Waals surface area contributed by atoms with Gasteiger partial charge in [0.1, 0.15) is 0 Å². The van der Waals surface area contributed by atoms with E-state index in [1.807, 2.05) is 12.1 Å². The molecule has 1 aliphatic heterocycles. The van der Waals surface area contributed by atoms with E-state index in [0.717, 1.165) is 55.7 Å². The molecule has 2 radical (unpaired) electrons. The van der Waals surface area contributed by atoms with Crippen molar-refractivity contribution in [2.75, 3.05) is 28.6 Å². The van der Waals surface area contributed by atoms with Crippen LogP contribution >= 0.6 is 0 Å². The average Bonchev–Trinajstić information content (AvgIpc) is 3.46.